The highest BCUT2D eigenvalue weighted by Crippen LogP contribution is 2.32. The third-order valence-electron chi connectivity index (χ3n) is 3.66. The predicted molar refractivity (Wildman–Crippen MR) is 96.5 cm³/mol. The molecule has 8 heteroatoms. The van der Waals surface area contributed by atoms with Gasteiger partial charge >= 0.3 is 0 Å². The molecule has 0 spiro atoms. The Morgan fingerprint density at radius 2 is 2.12 bits per heavy atom. The van der Waals surface area contributed by atoms with Crippen LogP contribution in [0.1, 0.15) is 15.9 Å². The highest BCUT2D eigenvalue weighted by Gasteiger charge is 2.15. The van der Waals surface area contributed by atoms with Crippen LogP contribution in [-0.4, -0.2) is 27.0 Å². The summed E-state index contributed by atoms with van der Waals surface area (Å²) in [5.74, 6) is -0.393. The lowest BCUT2D eigenvalue weighted by atomic mass is 9.99. The number of hydrogen-bond donors (Lipinski definition) is 0. The summed E-state index contributed by atoms with van der Waals surface area (Å²) in [5, 5.41) is 0.286. The summed E-state index contributed by atoms with van der Waals surface area (Å²) in [6, 6.07) is 5.97. The van der Waals surface area contributed by atoms with E-state index in [1.165, 1.54) is 29.7 Å². The maximum atomic E-state index is 13.4. The van der Waals surface area contributed by atoms with Gasteiger partial charge in [0.25, 0.3) is 0 Å². The molecule has 128 valence electrons. The summed E-state index contributed by atoms with van der Waals surface area (Å²) in [4.78, 5) is 15.7. The van der Waals surface area contributed by atoms with Crippen molar-refractivity contribution in [1.82, 2.24) is 13.7 Å². The number of imidazole rings is 1. The molecule has 2 heterocycles. The molecule has 0 fully saturated rings. The molecule has 0 unspecified atom stereocenters. The molecule has 4 nitrogen and oxygen atoms in total. The Morgan fingerprint density at radius 1 is 1.32 bits per heavy atom. The maximum Gasteiger partial charge on any atom is 0.164 e. The molecule has 0 saturated heterocycles. The molecule has 25 heavy (non-hydrogen) atoms. The standard InChI is InChI=1S/C17H12ClF2N3OS/c1-22(25-20)6-5-12-13(2-3-15(18)14(12)10-24)16-9-21-17-8-11(19)4-7-23(16)17/h2-10H,1H3/b6-5-. The Morgan fingerprint density at radius 3 is 2.84 bits per heavy atom. The molecule has 1 aromatic carbocycles. The zero-order chi connectivity index (χ0) is 18.0. The Balaban J connectivity index is 2.24. The average Bonchev–Trinajstić information content (AvgIpc) is 3.02. The molecule has 0 aliphatic heterocycles. The minimum atomic E-state index is -0.393. The first-order valence-electron chi connectivity index (χ1n) is 7.15. The zero-order valence-corrected chi connectivity index (χ0v) is 14.6. The summed E-state index contributed by atoms with van der Waals surface area (Å²) < 4.78 is 28.9. The van der Waals surface area contributed by atoms with Gasteiger partial charge in [-0.1, -0.05) is 17.7 Å². The number of fused-ring (bicyclic) bond motifs is 1. The quantitative estimate of drug-likeness (QED) is 0.459. The molecule has 0 aliphatic carbocycles. The van der Waals surface area contributed by atoms with Gasteiger partial charge in [0.15, 0.2) is 18.6 Å². The van der Waals surface area contributed by atoms with Crippen molar-refractivity contribution in [2.75, 3.05) is 7.05 Å². The van der Waals surface area contributed by atoms with Gasteiger partial charge in [-0.25, -0.2) is 9.37 Å². The molecule has 3 rings (SSSR count). The SMILES string of the molecule is CN(/C=C\c1c(-c2cnc3cc(F)ccn23)ccc(Cl)c1C=O)SF. The number of hydrogen-bond acceptors (Lipinski definition) is 4. The van der Waals surface area contributed by atoms with Gasteiger partial charge in [-0.3, -0.25) is 13.5 Å². The minimum absolute atomic E-state index is 0.0352. The van der Waals surface area contributed by atoms with Crippen molar-refractivity contribution < 1.29 is 13.1 Å². The fraction of sp³-hybridized carbons (Fsp3) is 0.0588. The monoisotopic (exact) mass is 379 g/mol. The third kappa shape index (κ3) is 3.38. The molecule has 3 aromatic rings. The molecular weight excluding hydrogens is 368 g/mol. The van der Waals surface area contributed by atoms with Crippen LogP contribution in [-0.2, 0) is 0 Å². The van der Waals surface area contributed by atoms with E-state index in [9.17, 15) is 13.1 Å². The lowest BCUT2D eigenvalue weighted by molar-refractivity contribution is 0.112. The molecule has 0 saturated carbocycles. The number of benzene rings is 1. The van der Waals surface area contributed by atoms with Crippen LogP contribution in [0.25, 0.3) is 23.0 Å². The first-order valence-corrected chi connectivity index (χ1v) is 8.20. The van der Waals surface area contributed by atoms with E-state index in [4.69, 9.17) is 11.6 Å². The van der Waals surface area contributed by atoms with E-state index in [1.54, 1.807) is 35.0 Å². The lowest BCUT2D eigenvalue weighted by Crippen LogP contribution is -1.98. The van der Waals surface area contributed by atoms with E-state index < -0.39 is 5.82 Å². The van der Waals surface area contributed by atoms with E-state index >= 15 is 0 Å². The summed E-state index contributed by atoms with van der Waals surface area (Å²) in [6.45, 7) is 0. The van der Waals surface area contributed by atoms with Crippen molar-refractivity contribution in [3.8, 4) is 11.3 Å². The highest BCUT2D eigenvalue weighted by molar-refractivity contribution is 7.92. The van der Waals surface area contributed by atoms with Crippen molar-refractivity contribution in [1.29, 1.82) is 0 Å². The van der Waals surface area contributed by atoms with E-state index in [1.807, 2.05) is 0 Å². The molecule has 0 N–H and O–H groups in total. The smallest absolute Gasteiger partial charge is 0.164 e. The normalized spacial score (nSPS) is 11.4. The van der Waals surface area contributed by atoms with E-state index in [2.05, 4.69) is 4.98 Å². The largest absolute Gasteiger partial charge is 0.299 e. The topological polar surface area (TPSA) is 37.6 Å². The second-order valence-electron chi connectivity index (χ2n) is 5.19. The minimum Gasteiger partial charge on any atom is -0.299 e. The molecule has 0 aliphatic rings. The Bertz CT molecular complexity index is 974. The number of halogens is 3. The second kappa shape index (κ2) is 7.25. The van der Waals surface area contributed by atoms with Gasteiger partial charge in [-0.05, 0) is 23.8 Å². The second-order valence-corrected chi connectivity index (χ2v) is 6.31. The first kappa shape index (κ1) is 17.4. The van der Waals surface area contributed by atoms with Gasteiger partial charge in [-0.2, -0.15) is 0 Å². The average molecular weight is 380 g/mol. The number of aldehydes is 1. The zero-order valence-electron chi connectivity index (χ0n) is 13.0. The van der Waals surface area contributed by atoms with Crippen molar-refractivity contribution in [2.45, 2.75) is 0 Å². The van der Waals surface area contributed by atoms with Gasteiger partial charge < -0.3 is 0 Å². The van der Waals surface area contributed by atoms with Gasteiger partial charge in [0.2, 0.25) is 0 Å². The number of carbonyl (C=O) groups is 1. The molecule has 0 bridgehead atoms. The first-order chi connectivity index (χ1) is 12.0. The lowest BCUT2D eigenvalue weighted by Gasteiger charge is -2.12. The summed E-state index contributed by atoms with van der Waals surface area (Å²) >= 11 is 6.16. The Hall–Kier alpha value is -2.38. The van der Waals surface area contributed by atoms with Gasteiger partial charge in [0.05, 0.1) is 16.9 Å². The van der Waals surface area contributed by atoms with Crippen LogP contribution in [0, 0.1) is 5.82 Å². The number of aromatic nitrogens is 2. The van der Waals surface area contributed by atoms with Gasteiger partial charge in [-0.15, -0.1) is 3.89 Å². The summed E-state index contributed by atoms with van der Waals surface area (Å²) in [6.07, 6.45) is 6.87. The molecule has 2 aromatic heterocycles. The fourth-order valence-electron chi connectivity index (χ4n) is 2.49. The molecule has 0 radical (unpaired) electrons. The molecule has 0 amide bonds. The Labute approximate surface area is 152 Å². The van der Waals surface area contributed by atoms with Crippen LogP contribution >= 0.6 is 23.9 Å². The van der Waals surface area contributed by atoms with E-state index in [0.29, 0.717) is 28.8 Å². The van der Waals surface area contributed by atoms with Crippen molar-refractivity contribution in [3.63, 3.8) is 0 Å². The predicted octanol–water partition coefficient (Wildman–Crippen LogP) is 5.04. The fourth-order valence-corrected chi connectivity index (χ4v) is 2.81. The van der Waals surface area contributed by atoms with Gasteiger partial charge in [0.1, 0.15) is 11.5 Å². The Kier molecular flexibility index (Phi) is 5.06. The number of carbonyl (C=O) groups excluding carboxylic acids is 1. The summed E-state index contributed by atoms with van der Waals surface area (Å²) in [7, 11) is 1.53. The van der Waals surface area contributed by atoms with Crippen LogP contribution in [0.5, 0.6) is 0 Å². The number of pyridine rings is 1. The van der Waals surface area contributed by atoms with Crippen LogP contribution in [0.4, 0.5) is 8.28 Å². The van der Waals surface area contributed by atoms with Crippen molar-refractivity contribution >= 4 is 41.9 Å². The third-order valence-corrected chi connectivity index (χ3v) is 4.33. The molecular formula is C17H12ClF2N3OS. The van der Waals surface area contributed by atoms with Crippen molar-refractivity contribution in [3.05, 3.63) is 64.8 Å². The van der Waals surface area contributed by atoms with Crippen LogP contribution in [0.2, 0.25) is 5.02 Å². The van der Waals surface area contributed by atoms with E-state index in [0.717, 1.165) is 0 Å². The van der Waals surface area contributed by atoms with E-state index in [-0.39, 0.29) is 22.9 Å². The number of rotatable bonds is 5. The van der Waals surface area contributed by atoms with Crippen LogP contribution in [0.3, 0.4) is 0 Å². The van der Waals surface area contributed by atoms with Crippen molar-refractivity contribution in [2.24, 2.45) is 0 Å². The van der Waals surface area contributed by atoms with Crippen LogP contribution in [0.15, 0.2) is 42.9 Å². The van der Waals surface area contributed by atoms with Gasteiger partial charge in [0, 0.05) is 36.6 Å². The summed E-state index contributed by atoms with van der Waals surface area (Å²) in [5.41, 5.74) is 2.56. The maximum absolute atomic E-state index is 13.4. The molecule has 0 atom stereocenters. The van der Waals surface area contributed by atoms with Crippen LogP contribution < -0.4 is 0 Å². The number of nitrogens with zero attached hydrogens (tertiary/aromatic N) is 3. The highest BCUT2D eigenvalue weighted by atomic mass is 35.5.